The second kappa shape index (κ2) is 5.78. The van der Waals surface area contributed by atoms with Gasteiger partial charge in [0, 0.05) is 15.1 Å². The van der Waals surface area contributed by atoms with E-state index in [1.807, 2.05) is 6.07 Å². The van der Waals surface area contributed by atoms with Gasteiger partial charge < -0.3 is 0 Å². The molecule has 0 saturated carbocycles. The normalized spacial score (nSPS) is 11.8. The zero-order valence-corrected chi connectivity index (χ0v) is 13.1. The molecule has 0 amide bonds. The summed E-state index contributed by atoms with van der Waals surface area (Å²) in [5, 5.41) is 1.78. The summed E-state index contributed by atoms with van der Waals surface area (Å²) in [6.07, 6.45) is 0.847. The van der Waals surface area contributed by atoms with Gasteiger partial charge >= 0.3 is 0 Å². The molecular formula is C11H12Br3F. The molecule has 0 aliphatic rings. The Morgan fingerprint density at radius 1 is 1.20 bits per heavy atom. The maximum Gasteiger partial charge on any atom is 0.124 e. The Morgan fingerprint density at radius 2 is 1.80 bits per heavy atom. The number of benzene rings is 1. The Kier molecular flexibility index (Phi) is 5.26. The number of rotatable bonds is 4. The van der Waals surface area contributed by atoms with Crippen LogP contribution in [0.2, 0.25) is 0 Å². The third-order valence-electron chi connectivity index (χ3n) is 2.20. The molecule has 4 heteroatoms. The molecule has 0 bridgehead atoms. The zero-order valence-electron chi connectivity index (χ0n) is 8.37. The molecule has 1 rings (SSSR count). The van der Waals surface area contributed by atoms with E-state index in [2.05, 4.69) is 54.7 Å². The van der Waals surface area contributed by atoms with Crippen molar-refractivity contribution in [2.45, 2.75) is 13.3 Å². The standard InChI is InChI=1S/C11H12Br3F/c1-11(6-12,7-13)5-8-2-9(14)4-10(15)3-8/h2-4H,5-7H2,1H3. The van der Waals surface area contributed by atoms with Gasteiger partial charge in [0.2, 0.25) is 0 Å². The van der Waals surface area contributed by atoms with Crippen molar-refractivity contribution in [3.05, 3.63) is 34.1 Å². The Balaban J connectivity index is 2.88. The lowest BCUT2D eigenvalue weighted by Gasteiger charge is -2.24. The zero-order chi connectivity index (χ0) is 11.5. The summed E-state index contributed by atoms with van der Waals surface area (Å²) in [6, 6.07) is 5.03. The second-order valence-electron chi connectivity index (χ2n) is 4.03. The SMILES string of the molecule is CC(CBr)(CBr)Cc1cc(F)cc(Br)c1. The number of alkyl halides is 2. The molecule has 0 radical (unpaired) electrons. The molecule has 0 N–H and O–H groups in total. The van der Waals surface area contributed by atoms with Crippen molar-refractivity contribution in [3.8, 4) is 0 Å². The molecule has 0 saturated heterocycles. The lowest BCUT2D eigenvalue weighted by Crippen LogP contribution is -2.23. The third kappa shape index (κ3) is 4.16. The smallest absolute Gasteiger partial charge is 0.124 e. The maximum atomic E-state index is 13.2. The summed E-state index contributed by atoms with van der Waals surface area (Å²) in [7, 11) is 0. The molecule has 0 unspecified atom stereocenters. The van der Waals surface area contributed by atoms with Gasteiger partial charge in [0.05, 0.1) is 0 Å². The minimum atomic E-state index is -0.189. The summed E-state index contributed by atoms with van der Waals surface area (Å²) >= 11 is 10.3. The van der Waals surface area contributed by atoms with Crippen LogP contribution in [0.25, 0.3) is 0 Å². The lowest BCUT2D eigenvalue weighted by atomic mass is 9.88. The van der Waals surface area contributed by atoms with E-state index in [-0.39, 0.29) is 11.2 Å². The molecule has 84 valence electrons. The van der Waals surface area contributed by atoms with Crippen molar-refractivity contribution in [3.63, 3.8) is 0 Å². The van der Waals surface area contributed by atoms with Crippen molar-refractivity contribution in [2.75, 3.05) is 10.7 Å². The topological polar surface area (TPSA) is 0 Å². The maximum absolute atomic E-state index is 13.2. The molecular weight excluding hydrogens is 391 g/mol. The first-order valence-electron chi connectivity index (χ1n) is 4.56. The quantitative estimate of drug-likeness (QED) is 0.626. The van der Waals surface area contributed by atoms with E-state index >= 15 is 0 Å². The van der Waals surface area contributed by atoms with Gasteiger partial charge in [-0.05, 0) is 35.6 Å². The van der Waals surface area contributed by atoms with Crippen molar-refractivity contribution < 1.29 is 4.39 Å². The average molecular weight is 403 g/mol. The van der Waals surface area contributed by atoms with Gasteiger partial charge in [-0.3, -0.25) is 0 Å². The van der Waals surface area contributed by atoms with E-state index in [0.717, 1.165) is 27.1 Å². The number of halogens is 4. The second-order valence-corrected chi connectivity index (χ2v) is 6.07. The van der Waals surface area contributed by atoms with Crippen LogP contribution in [0.15, 0.2) is 22.7 Å². The Labute approximate surface area is 115 Å². The minimum Gasteiger partial charge on any atom is -0.207 e. The molecule has 0 atom stereocenters. The van der Waals surface area contributed by atoms with Crippen molar-refractivity contribution in [2.24, 2.45) is 5.41 Å². The van der Waals surface area contributed by atoms with E-state index < -0.39 is 0 Å². The first-order valence-corrected chi connectivity index (χ1v) is 7.59. The Bertz CT molecular complexity index is 314. The molecule has 0 aromatic heterocycles. The summed E-state index contributed by atoms with van der Waals surface area (Å²) in [5.41, 5.74) is 1.14. The van der Waals surface area contributed by atoms with Gasteiger partial charge in [-0.1, -0.05) is 54.7 Å². The highest BCUT2D eigenvalue weighted by molar-refractivity contribution is 9.10. The fourth-order valence-corrected chi connectivity index (χ4v) is 3.17. The van der Waals surface area contributed by atoms with Crippen LogP contribution in [0.4, 0.5) is 4.39 Å². The van der Waals surface area contributed by atoms with Crippen LogP contribution < -0.4 is 0 Å². The Hall–Kier alpha value is 0.590. The van der Waals surface area contributed by atoms with Crippen LogP contribution in [0.3, 0.4) is 0 Å². The average Bonchev–Trinajstić information content (AvgIpc) is 2.16. The van der Waals surface area contributed by atoms with E-state index in [9.17, 15) is 4.39 Å². The van der Waals surface area contributed by atoms with Crippen molar-refractivity contribution in [1.82, 2.24) is 0 Å². The summed E-state index contributed by atoms with van der Waals surface area (Å²) in [5.74, 6) is -0.189. The molecule has 1 aromatic carbocycles. The van der Waals surface area contributed by atoms with Crippen LogP contribution in [-0.2, 0) is 6.42 Å². The van der Waals surface area contributed by atoms with Crippen LogP contribution in [0, 0.1) is 11.2 Å². The van der Waals surface area contributed by atoms with Gasteiger partial charge in [-0.15, -0.1) is 0 Å². The Morgan fingerprint density at radius 3 is 2.27 bits per heavy atom. The van der Waals surface area contributed by atoms with Crippen molar-refractivity contribution in [1.29, 1.82) is 0 Å². The van der Waals surface area contributed by atoms with Gasteiger partial charge in [0.1, 0.15) is 5.82 Å². The molecule has 1 aromatic rings. The monoisotopic (exact) mass is 400 g/mol. The van der Waals surface area contributed by atoms with E-state index in [4.69, 9.17) is 0 Å². The predicted octanol–water partition coefficient (Wildman–Crippen LogP) is 4.93. The third-order valence-corrected chi connectivity index (χ3v) is 5.36. The van der Waals surface area contributed by atoms with Crippen LogP contribution in [0.1, 0.15) is 12.5 Å². The molecule has 0 nitrogen and oxygen atoms in total. The van der Waals surface area contributed by atoms with Crippen LogP contribution in [0.5, 0.6) is 0 Å². The lowest BCUT2D eigenvalue weighted by molar-refractivity contribution is 0.437. The fourth-order valence-electron chi connectivity index (χ4n) is 1.34. The molecule has 0 aliphatic heterocycles. The van der Waals surface area contributed by atoms with Gasteiger partial charge in [-0.25, -0.2) is 4.39 Å². The first-order chi connectivity index (χ1) is 6.99. The molecule has 15 heavy (non-hydrogen) atoms. The van der Waals surface area contributed by atoms with E-state index in [1.165, 1.54) is 6.07 Å². The first kappa shape index (κ1) is 13.7. The highest BCUT2D eigenvalue weighted by Crippen LogP contribution is 2.28. The fraction of sp³-hybridized carbons (Fsp3) is 0.455. The molecule has 0 spiro atoms. The predicted molar refractivity (Wildman–Crippen MR) is 73.5 cm³/mol. The number of hydrogen-bond acceptors (Lipinski definition) is 0. The summed E-state index contributed by atoms with van der Waals surface area (Å²) in [6.45, 7) is 2.16. The molecule has 0 heterocycles. The van der Waals surface area contributed by atoms with E-state index in [1.54, 1.807) is 6.07 Å². The van der Waals surface area contributed by atoms with Crippen LogP contribution >= 0.6 is 47.8 Å². The summed E-state index contributed by atoms with van der Waals surface area (Å²) in [4.78, 5) is 0. The van der Waals surface area contributed by atoms with Gasteiger partial charge in [0.15, 0.2) is 0 Å². The highest BCUT2D eigenvalue weighted by atomic mass is 79.9. The van der Waals surface area contributed by atoms with Gasteiger partial charge in [0.25, 0.3) is 0 Å². The van der Waals surface area contributed by atoms with Crippen molar-refractivity contribution >= 4 is 47.8 Å². The molecule has 0 fully saturated rings. The number of hydrogen-bond donors (Lipinski definition) is 0. The van der Waals surface area contributed by atoms with E-state index in [0.29, 0.717) is 0 Å². The van der Waals surface area contributed by atoms with Crippen LogP contribution in [-0.4, -0.2) is 10.7 Å². The highest BCUT2D eigenvalue weighted by Gasteiger charge is 2.22. The van der Waals surface area contributed by atoms with Gasteiger partial charge in [-0.2, -0.15) is 0 Å². The largest absolute Gasteiger partial charge is 0.207 e. The minimum absolute atomic E-state index is 0.118. The molecule has 0 aliphatic carbocycles. The summed E-state index contributed by atoms with van der Waals surface area (Å²) < 4.78 is 14.0.